The van der Waals surface area contributed by atoms with Crippen molar-refractivity contribution in [2.45, 2.75) is 58.4 Å². The lowest BCUT2D eigenvalue weighted by Gasteiger charge is -2.32. The standard InChI is InChI=1S/C31H39N3O4S/c1-6-17-32-31(36)26(5)33(18-16-27-10-8-7-9-11-27)30(35)22-34(28-20-24(3)19-25(4)21-28)39(37,38)29-14-12-23(2)13-15-29/h7-15,19-21,26H,6,16-18,22H2,1-5H3,(H,32,36)/t26-/m0/s1. The Morgan fingerprint density at radius 3 is 2.08 bits per heavy atom. The fourth-order valence-electron chi connectivity index (χ4n) is 4.43. The SMILES string of the molecule is CCCNC(=O)[C@H](C)N(CCc1ccccc1)C(=O)CN(c1cc(C)cc(C)c1)S(=O)(=O)c1ccc(C)cc1. The van der Waals surface area contributed by atoms with Crippen molar-refractivity contribution in [3.8, 4) is 0 Å². The predicted molar refractivity (Wildman–Crippen MR) is 156 cm³/mol. The van der Waals surface area contributed by atoms with Crippen LogP contribution in [0, 0.1) is 20.8 Å². The first-order valence-electron chi connectivity index (χ1n) is 13.3. The van der Waals surface area contributed by atoms with Crippen molar-refractivity contribution in [2.75, 3.05) is 23.9 Å². The molecule has 208 valence electrons. The van der Waals surface area contributed by atoms with E-state index < -0.39 is 28.5 Å². The zero-order valence-corrected chi connectivity index (χ0v) is 24.3. The summed E-state index contributed by atoms with van der Waals surface area (Å²) in [5.74, 6) is -0.711. The van der Waals surface area contributed by atoms with Crippen LogP contribution in [0.1, 0.15) is 42.5 Å². The Morgan fingerprint density at radius 1 is 0.872 bits per heavy atom. The molecular weight excluding hydrogens is 510 g/mol. The van der Waals surface area contributed by atoms with E-state index in [9.17, 15) is 18.0 Å². The third-order valence-electron chi connectivity index (χ3n) is 6.58. The van der Waals surface area contributed by atoms with E-state index in [1.165, 1.54) is 4.90 Å². The van der Waals surface area contributed by atoms with Gasteiger partial charge in [0.05, 0.1) is 10.6 Å². The molecule has 1 atom stereocenters. The van der Waals surface area contributed by atoms with Crippen LogP contribution in [0.5, 0.6) is 0 Å². The maximum atomic E-state index is 13.9. The maximum Gasteiger partial charge on any atom is 0.264 e. The van der Waals surface area contributed by atoms with Gasteiger partial charge >= 0.3 is 0 Å². The van der Waals surface area contributed by atoms with Gasteiger partial charge in [0.2, 0.25) is 11.8 Å². The lowest BCUT2D eigenvalue weighted by Crippen LogP contribution is -2.52. The van der Waals surface area contributed by atoms with Gasteiger partial charge in [-0.1, -0.05) is 61.0 Å². The Bertz CT molecular complexity index is 1350. The molecule has 1 N–H and O–H groups in total. The van der Waals surface area contributed by atoms with Crippen LogP contribution < -0.4 is 9.62 Å². The molecular formula is C31H39N3O4S. The number of sulfonamides is 1. The average Bonchev–Trinajstić information content (AvgIpc) is 2.90. The van der Waals surface area contributed by atoms with E-state index in [-0.39, 0.29) is 17.3 Å². The molecule has 2 amide bonds. The number of nitrogens with zero attached hydrogens (tertiary/aromatic N) is 2. The van der Waals surface area contributed by atoms with Crippen molar-refractivity contribution in [3.05, 3.63) is 95.1 Å². The van der Waals surface area contributed by atoms with Crippen molar-refractivity contribution < 1.29 is 18.0 Å². The molecule has 0 fully saturated rings. The zero-order chi connectivity index (χ0) is 28.6. The van der Waals surface area contributed by atoms with E-state index in [1.807, 2.05) is 64.1 Å². The van der Waals surface area contributed by atoms with Crippen LogP contribution >= 0.6 is 0 Å². The van der Waals surface area contributed by atoms with Gasteiger partial charge in [-0.05, 0) is 81.5 Å². The van der Waals surface area contributed by atoms with Gasteiger partial charge in [0.1, 0.15) is 12.6 Å². The van der Waals surface area contributed by atoms with Gasteiger partial charge in [-0.2, -0.15) is 0 Å². The summed E-state index contributed by atoms with van der Waals surface area (Å²) in [6.45, 7) is 9.65. The third-order valence-corrected chi connectivity index (χ3v) is 8.37. The van der Waals surface area contributed by atoms with Gasteiger partial charge in [-0.25, -0.2) is 8.42 Å². The summed E-state index contributed by atoms with van der Waals surface area (Å²) >= 11 is 0. The van der Waals surface area contributed by atoms with Crippen LogP contribution in [0.3, 0.4) is 0 Å². The summed E-state index contributed by atoms with van der Waals surface area (Å²) in [7, 11) is -4.07. The average molecular weight is 550 g/mol. The van der Waals surface area contributed by atoms with Crippen molar-refractivity contribution in [1.82, 2.24) is 10.2 Å². The molecule has 0 aliphatic heterocycles. The second kappa shape index (κ2) is 13.4. The van der Waals surface area contributed by atoms with E-state index >= 15 is 0 Å². The molecule has 0 bridgehead atoms. The van der Waals surface area contributed by atoms with Crippen LogP contribution in [0.2, 0.25) is 0 Å². The summed E-state index contributed by atoms with van der Waals surface area (Å²) in [5, 5.41) is 2.86. The Balaban J connectivity index is 2.00. The topological polar surface area (TPSA) is 86.8 Å². The molecule has 0 aromatic heterocycles. The summed E-state index contributed by atoms with van der Waals surface area (Å²) in [6, 6.07) is 21.0. The molecule has 0 saturated carbocycles. The monoisotopic (exact) mass is 549 g/mol. The fraction of sp³-hybridized carbons (Fsp3) is 0.355. The summed E-state index contributed by atoms with van der Waals surface area (Å²) in [6.07, 6.45) is 1.30. The number of benzene rings is 3. The Morgan fingerprint density at radius 2 is 1.49 bits per heavy atom. The maximum absolute atomic E-state index is 13.9. The molecule has 0 aliphatic carbocycles. The Labute approximate surface area is 232 Å². The first kappa shape index (κ1) is 29.9. The highest BCUT2D eigenvalue weighted by Gasteiger charge is 2.32. The van der Waals surface area contributed by atoms with E-state index in [0.717, 1.165) is 33.0 Å². The number of amides is 2. The highest BCUT2D eigenvalue weighted by atomic mass is 32.2. The van der Waals surface area contributed by atoms with Crippen molar-refractivity contribution in [2.24, 2.45) is 0 Å². The molecule has 39 heavy (non-hydrogen) atoms. The molecule has 8 heteroatoms. The number of carbonyl (C=O) groups excluding carboxylic acids is 2. The Hall–Kier alpha value is -3.65. The summed E-state index contributed by atoms with van der Waals surface area (Å²) in [4.78, 5) is 28.4. The van der Waals surface area contributed by atoms with Crippen molar-refractivity contribution >= 4 is 27.5 Å². The minimum Gasteiger partial charge on any atom is -0.354 e. The van der Waals surface area contributed by atoms with E-state index in [4.69, 9.17) is 0 Å². The number of nitrogens with one attached hydrogen (secondary N) is 1. The highest BCUT2D eigenvalue weighted by molar-refractivity contribution is 7.92. The first-order valence-corrected chi connectivity index (χ1v) is 14.8. The molecule has 0 spiro atoms. The number of anilines is 1. The molecule has 3 aromatic carbocycles. The number of rotatable bonds is 12. The predicted octanol–water partition coefficient (Wildman–Crippen LogP) is 4.79. The van der Waals surface area contributed by atoms with Gasteiger partial charge in [0.25, 0.3) is 10.0 Å². The second-order valence-corrected chi connectivity index (χ2v) is 11.8. The molecule has 3 rings (SSSR count). The van der Waals surface area contributed by atoms with Gasteiger partial charge in [-0.15, -0.1) is 0 Å². The van der Waals surface area contributed by atoms with E-state index in [0.29, 0.717) is 18.7 Å². The first-order chi connectivity index (χ1) is 18.5. The number of carbonyl (C=O) groups is 2. The van der Waals surface area contributed by atoms with E-state index in [1.54, 1.807) is 43.3 Å². The lowest BCUT2D eigenvalue weighted by molar-refractivity contribution is -0.138. The van der Waals surface area contributed by atoms with Crippen molar-refractivity contribution in [3.63, 3.8) is 0 Å². The molecule has 0 saturated heterocycles. The van der Waals surface area contributed by atoms with Crippen LogP contribution in [0.4, 0.5) is 5.69 Å². The Kier molecular flexibility index (Phi) is 10.3. The normalized spacial score (nSPS) is 12.0. The zero-order valence-electron chi connectivity index (χ0n) is 23.5. The van der Waals surface area contributed by atoms with Crippen molar-refractivity contribution in [1.29, 1.82) is 0 Å². The van der Waals surface area contributed by atoms with Gasteiger partial charge in [-0.3, -0.25) is 13.9 Å². The number of aryl methyl sites for hydroxylation is 3. The summed E-state index contributed by atoms with van der Waals surface area (Å²) < 4.78 is 29.0. The smallest absolute Gasteiger partial charge is 0.264 e. The highest BCUT2D eigenvalue weighted by Crippen LogP contribution is 2.26. The molecule has 0 radical (unpaired) electrons. The van der Waals surface area contributed by atoms with E-state index in [2.05, 4.69) is 5.32 Å². The van der Waals surface area contributed by atoms with Crippen LogP contribution in [0.15, 0.2) is 77.7 Å². The van der Waals surface area contributed by atoms with Crippen LogP contribution in [0.25, 0.3) is 0 Å². The molecule has 0 unspecified atom stereocenters. The minimum absolute atomic E-state index is 0.102. The van der Waals surface area contributed by atoms with Crippen LogP contribution in [-0.2, 0) is 26.0 Å². The number of hydrogen-bond acceptors (Lipinski definition) is 4. The van der Waals surface area contributed by atoms with Gasteiger partial charge in [0.15, 0.2) is 0 Å². The largest absolute Gasteiger partial charge is 0.354 e. The quantitative estimate of drug-likeness (QED) is 0.352. The molecule has 3 aromatic rings. The lowest BCUT2D eigenvalue weighted by atomic mass is 10.1. The fourth-order valence-corrected chi connectivity index (χ4v) is 5.82. The summed E-state index contributed by atoms with van der Waals surface area (Å²) in [5.41, 5.74) is 4.13. The third kappa shape index (κ3) is 7.93. The molecule has 0 heterocycles. The van der Waals surface area contributed by atoms with Crippen LogP contribution in [-0.4, -0.2) is 50.8 Å². The second-order valence-electron chi connectivity index (χ2n) is 9.96. The number of hydrogen-bond donors (Lipinski definition) is 1. The van der Waals surface area contributed by atoms with Gasteiger partial charge < -0.3 is 10.2 Å². The van der Waals surface area contributed by atoms with Gasteiger partial charge in [0, 0.05) is 13.1 Å². The molecule has 7 nitrogen and oxygen atoms in total. The molecule has 0 aliphatic rings. The minimum atomic E-state index is -4.07.